The van der Waals surface area contributed by atoms with E-state index in [0.717, 1.165) is 37.3 Å². The lowest BCUT2D eigenvalue weighted by molar-refractivity contribution is -0.137. The molecular formula is C23H40N2O. The number of piperidine rings is 2. The number of rotatable bonds is 5. The first-order valence-electron chi connectivity index (χ1n) is 11.9. The van der Waals surface area contributed by atoms with Crippen molar-refractivity contribution in [3.8, 4) is 0 Å². The molecule has 2 saturated heterocycles. The van der Waals surface area contributed by atoms with Gasteiger partial charge in [0.2, 0.25) is 5.91 Å². The van der Waals surface area contributed by atoms with Gasteiger partial charge < -0.3 is 9.80 Å². The molecule has 26 heavy (non-hydrogen) atoms. The maximum Gasteiger partial charge on any atom is 0.222 e. The van der Waals surface area contributed by atoms with Crippen molar-refractivity contribution >= 4 is 5.91 Å². The molecule has 148 valence electrons. The maximum absolute atomic E-state index is 12.8. The lowest BCUT2D eigenvalue weighted by Crippen LogP contribution is -2.49. The fourth-order valence-corrected chi connectivity index (χ4v) is 6.67. The number of fused-ring (bicyclic) bond motifs is 2. The third kappa shape index (κ3) is 4.29. The third-order valence-electron chi connectivity index (χ3n) is 8.01. The zero-order valence-electron chi connectivity index (χ0n) is 16.8. The van der Waals surface area contributed by atoms with Crippen LogP contribution in [-0.4, -0.2) is 47.4 Å². The molecule has 4 fully saturated rings. The van der Waals surface area contributed by atoms with Crippen LogP contribution in [0.15, 0.2) is 0 Å². The lowest BCUT2D eigenvalue weighted by atomic mass is 9.78. The van der Waals surface area contributed by atoms with Crippen molar-refractivity contribution in [2.75, 3.05) is 19.6 Å². The number of hydrogen-bond acceptors (Lipinski definition) is 2. The van der Waals surface area contributed by atoms with Crippen molar-refractivity contribution in [3.63, 3.8) is 0 Å². The molecular weight excluding hydrogens is 320 g/mol. The molecule has 1 amide bonds. The predicted octanol–water partition coefficient (Wildman–Crippen LogP) is 4.99. The summed E-state index contributed by atoms with van der Waals surface area (Å²) in [6.07, 6.45) is 19.8. The molecule has 3 nitrogen and oxygen atoms in total. The van der Waals surface area contributed by atoms with E-state index in [2.05, 4.69) is 9.80 Å². The molecule has 2 heterocycles. The second kappa shape index (κ2) is 9.08. The summed E-state index contributed by atoms with van der Waals surface area (Å²) >= 11 is 0. The summed E-state index contributed by atoms with van der Waals surface area (Å²) in [6.45, 7) is 3.58. The zero-order chi connectivity index (χ0) is 17.8. The van der Waals surface area contributed by atoms with Crippen molar-refractivity contribution in [2.45, 2.75) is 108 Å². The lowest BCUT2D eigenvalue weighted by Gasteiger charge is -2.44. The number of hydrogen-bond donors (Lipinski definition) is 0. The normalized spacial score (nSPS) is 35.6. The van der Waals surface area contributed by atoms with Gasteiger partial charge in [0, 0.05) is 25.0 Å². The van der Waals surface area contributed by atoms with Crippen molar-refractivity contribution in [2.24, 2.45) is 11.8 Å². The Morgan fingerprint density at radius 2 is 1.31 bits per heavy atom. The van der Waals surface area contributed by atoms with Crippen LogP contribution in [0.4, 0.5) is 0 Å². The average Bonchev–Trinajstić information content (AvgIpc) is 2.70. The van der Waals surface area contributed by atoms with Gasteiger partial charge in [-0.15, -0.1) is 0 Å². The smallest absolute Gasteiger partial charge is 0.222 e. The minimum atomic E-state index is 0.468. The fourth-order valence-electron chi connectivity index (χ4n) is 6.67. The Labute approximate surface area is 160 Å². The first-order valence-corrected chi connectivity index (χ1v) is 11.9. The molecule has 3 heteroatoms. The van der Waals surface area contributed by atoms with Gasteiger partial charge in [0.15, 0.2) is 0 Å². The topological polar surface area (TPSA) is 23.6 Å². The van der Waals surface area contributed by atoms with Crippen LogP contribution in [-0.2, 0) is 4.79 Å². The van der Waals surface area contributed by atoms with Gasteiger partial charge in [-0.3, -0.25) is 4.79 Å². The standard InChI is InChI=1S/C23H40N2O/c26-23(25-18-8-12-20-10-2-4-14-22(20)25)15-5-6-16-24-17-7-11-19-9-1-3-13-21(19)24/h19-22H,1-18H2. The second-order valence-electron chi connectivity index (χ2n) is 9.59. The van der Waals surface area contributed by atoms with Crippen LogP contribution >= 0.6 is 0 Å². The van der Waals surface area contributed by atoms with Crippen LogP contribution < -0.4 is 0 Å². The Balaban J connectivity index is 1.20. The van der Waals surface area contributed by atoms with Crippen molar-refractivity contribution in [1.29, 1.82) is 0 Å². The van der Waals surface area contributed by atoms with E-state index in [4.69, 9.17) is 0 Å². The van der Waals surface area contributed by atoms with E-state index in [1.54, 1.807) is 0 Å². The fraction of sp³-hybridized carbons (Fsp3) is 0.957. The van der Waals surface area contributed by atoms with E-state index in [-0.39, 0.29) is 0 Å². The van der Waals surface area contributed by atoms with Gasteiger partial charge in [0.25, 0.3) is 0 Å². The molecule has 0 bridgehead atoms. The van der Waals surface area contributed by atoms with Crippen LogP contribution in [0, 0.1) is 11.8 Å². The highest BCUT2D eigenvalue weighted by Gasteiger charge is 2.35. The number of unbranched alkanes of at least 4 members (excludes halogenated alkanes) is 1. The van der Waals surface area contributed by atoms with Gasteiger partial charge >= 0.3 is 0 Å². The van der Waals surface area contributed by atoms with Gasteiger partial charge in [0.1, 0.15) is 0 Å². The minimum absolute atomic E-state index is 0.468. The molecule has 0 aromatic heterocycles. The summed E-state index contributed by atoms with van der Waals surface area (Å²) in [5.41, 5.74) is 0. The second-order valence-corrected chi connectivity index (χ2v) is 9.59. The maximum atomic E-state index is 12.8. The summed E-state index contributed by atoms with van der Waals surface area (Å²) < 4.78 is 0. The van der Waals surface area contributed by atoms with E-state index in [1.807, 2.05) is 0 Å². The number of carbonyl (C=O) groups excluding carboxylic acids is 1. The Morgan fingerprint density at radius 1 is 0.692 bits per heavy atom. The van der Waals surface area contributed by atoms with Crippen LogP contribution in [0.2, 0.25) is 0 Å². The zero-order valence-corrected chi connectivity index (χ0v) is 16.8. The highest BCUT2D eigenvalue weighted by Crippen LogP contribution is 2.36. The summed E-state index contributed by atoms with van der Waals surface area (Å²) in [4.78, 5) is 17.9. The summed E-state index contributed by atoms with van der Waals surface area (Å²) in [5, 5.41) is 0. The van der Waals surface area contributed by atoms with E-state index in [0.29, 0.717) is 11.9 Å². The predicted molar refractivity (Wildman–Crippen MR) is 107 cm³/mol. The van der Waals surface area contributed by atoms with E-state index in [9.17, 15) is 4.79 Å². The largest absolute Gasteiger partial charge is 0.339 e. The molecule has 4 rings (SSSR count). The molecule has 4 aliphatic rings. The molecule has 0 spiro atoms. The van der Waals surface area contributed by atoms with Gasteiger partial charge in [0.05, 0.1) is 0 Å². The molecule has 0 N–H and O–H groups in total. The Morgan fingerprint density at radius 3 is 2.12 bits per heavy atom. The molecule has 4 atom stereocenters. The molecule has 2 aliphatic carbocycles. The van der Waals surface area contributed by atoms with Crippen LogP contribution in [0.5, 0.6) is 0 Å². The van der Waals surface area contributed by atoms with Gasteiger partial charge in [-0.2, -0.15) is 0 Å². The molecule has 4 unspecified atom stereocenters. The van der Waals surface area contributed by atoms with E-state index < -0.39 is 0 Å². The van der Waals surface area contributed by atoms with E-state index in [1.165, 1.54) is 96.6 Å². The number of nitrogens with zero attached hydrogens (tertiary/aromatic N) is 2. The van der Waals surface area contributed by atoms with Gasteiger partial charge in [-0.05, 0) is 89.1 Å². The van der Waals surface area contributed by atoms with Crippen LogP contribution in [0.1, 0.15) is 96.3 Å². The number of amides is 1. The molecule has 2 saturated carbocycles. The Bertz CT molecular complexity index is 461. The number of likely N-dealkylation sites (tertiary alicyclic amines) is 2. The highest BCUT2D eigenvalue weighted by atomic mass is 16.2. The monoisotopic (exact) mass is 360 g/mol. The quantitative estimate of drug-likeness (QED) is 0.645. The summed E-state index contributed by atoms with van der Waals surface area (Å²) in [5.74, 6) is 2.27. The third-order valence-corrected chi connectivity index (χ3v) is 8.01. The van der Waals surface area contributed by atoms with Crippen LogP contribution in [0.25, 0.3) is 0 Å². The van der Waals surface area contributed by atoms with E-state index >= 15 is 0 Å². The Hall–Kier alpha value is -0.570. The van der Waals surface area contributed by atoms with Gasteiger partial charge in [-0.1, -0.05) is 25.7 Å². The van der Waals surface area contributed by atoms with Gasteiger partial charge in [-0.25, -0.2) is 0 Å². The van der Waals surface area contributed by atoms with Crippen molar-refractivity contribution in [3.05, 3.63) is 0 Å². The highest BCUT2D eigenvalue weighted by molar-refractivity contribution is 5.76. The first-order chi connectivity index (χ1) is 12.8. The molecule has 0 aromatic carbocycles. The molecule has 0 radical (unpaired) electrons. The SMILES string of the molecule is O=C(CCCCN1CCCC2CCCCC21)N1CCCC2CCCCC21. The van der Waals surface area contributed by atoms with Crippen molar-refractivity contribution in [1.82, 2.24) is 9.80 Å². The number of carbonyl (C=O) groups is 1. The summed E-state index contributed by atoms with van der Waals surface area (Å²) in [6, 6.07) is 1.47. The Kier molecular flexibility index (Phi) is 6.56. The first kappa shape index (κ1) is 18.8. The van der Waals surface area contributed by atoms with Crippen molar-refractivity contribution < 1.29 is 4.79 Å². The average molecular weight is 361 g/mol. The summed E-state index contributed by atoms with van der Waals surface area (Å²) in [7, 11) is 0. The molecule has 0 aromatic rings. The minimum Gasteiger partial charge on any atom is -0.339 e. The molecule has 2 aliphatic heterocycles. The van der Waals surface area contributed by atoms with Crippen LogP contribution in [0.3, 0.4) is 0 Å².